The van der Waals surface area contributed by atoms with Gasteiger partial charge >= 0.3 is 0 Å². The summed E-state index contributed by atoms with van der Waals surface area (Å²) in [5.41, 5.74) is 7.40. The molecule has 0 spiro atoms. The van der Waals surface area contributed by atoms with Crippen LogP contribution in [0, 0.1) is 0 Å². The van der Waals surface area contributed by atoms with Crippen LogP contribution < -0.4 is 5.73 Å². The van der Waals surface area contributed by atoms with Crippen LogP contribution in [-0.2, 0) is 16.6 Å². The molecule has 5 heteroatoms. The van der Waals surface area contributed by atoms with Crippen LogP contribution in [0.3, 0.4) is 0 Å². The Labute approximate surface area is 108 Å². The fourth-order valence-corrected chi connectivity index (χ4v) is 4.29. The van der Waals surface area contributed by atoms with Gasteiger partial charge in [0, 0.05) is 18.3 Å². The molecule has 2 aliphatic carbocycles. The van der Waals surface area contributed by atoms with Crippen molar-refractivity contribution in [3.8, 4) is 0 Å². The Bertz CT molecular complexity index is 548. The number of rotatable bonds is 5. The van der Waals surface area contributed by atoms with E-state index in [1.165, 1.54) is 0 Å². The highest BCUT2D eigenvalue weighted by molar-refractivity contribution is 7.90. The van der Waals surface area contributed by atoms with Crippen LogP contribution in [0.2, 0.25) is 0 Å². The predicted octanol–water partition coefficient (Wildman–Crippen LogP) is 1.73. The number of nitrogens with two attached hydrogens (primary N) is 1. The van der Waals surface area contributed by atoms with Gasteiger partial charge in [-0.05, 0) is 43.4 Å². The highest BCUT2D eigenvalue weighted by Gasteiger charge is 2.45. The minimum absolute atomic E-state index is 0.126. The number of anilines is 1. The second-order valence-corrected chi connectivity index (χ2v) is 7.43. The summed E-state index contributed by atoms with van der Waals surface area (Å²) < 4.78 is 26.4. The van der Waals surface area contributed by atoms with Crippen molar-refractivity contribution in [3.05, 3.63) is 29.8 Å². The van der Waals surface area contributed by atoms with Gasteiger partial charge in [-0.3, -0.25) is 0 Å². The van der Waals surface area contributed by atoms with E-state index in [-0.39, 0.29) is 11.3 Å². The molecule has 0 amide bonds. The molecule has 2 saturated carbocycles. The van der Waals surface area contributed by atoms with Gasteiger partial charge in [0.25, 0.3) is 0 Å². The summed E-state index contributed by atoms with van der Waals surface area (Å²) >= 11 is 0. The van der Waals surface area contributed by atoms with Gasteiger partial charge in [-0.2, -0.15) is 4.31 Å². The van der Waals surface area contributed by atoms with Gasteiger partial charge in [-0.15, -0.1) is 0 Å². The first-order valence-corrected chi connectivity index (χ1v) is 7.93. The van der Waals surface area contributed by atoms with Crippen LogP contribution in [-0.4, -0.2) is 24.0 Å². The summed E-state index contributed by atoms with van der Waals surface area (Å²) in [6, 6.07) is 7.71. The molecule has 2 aliphatic rings. The Morgan fingerprint density at radius 3 is 2.50 bits per heavy atom. The van der Waals surface area contributed by atoms with Crippen molar-refractivity contribution >= 4 is 15.7 Å². The Hall–Kier alpha value is -1.07. The molecular formula is C13H18N2O2S. The first-order chi connectivity index (χ1) is 8.57. The molecular weight excluding hydrogens is 248 g/mol. The number of sulfonamides is 1. The average molecular weight is 266 g/mol. The summed E-state index contributed by atoms with van der Waals surface area (Å²) in [6.07, 6.45) is 3.63. The van der Waals surface area contributed by atoms with Crippen LogP contribution >= 0.6 is 0 Å². The standard InChI is InChI=1S/C13H18N2O2S/c14-11-3-1-2-10(8-11)9-15(12-4-5-12)18(16,17)13-6-7-13/h1-3,8,12-13H,4-7,9,14H2. The molecule has 98 valence electrons. The molecule has 0 unspecified atom stereocenters. The Morgan fingerprint density at radius 1 is 1.22 bits per heavy atom. The minimum Gasteiger partial charge on any atom is -0.399 e. The van der Waals surface area contributed by atoms with Crippen LogP contribution in [0.5, 0.6) is 0 Å². The van der Waals surface area contributed by atoms with E-state index in [0.717, 1.165) is 31.2 Å². The molecule has 0 radical (unpaired) electrons. The molecule has 4 nitrogen and oxygen atoms in total. The largest absolute Gasteiger partial charge is 0.399 e. The zero-order valence-corrected chi connectivity index (χ0v) is 11.1. The van der Waals surface area contributed by atoms with E-state index in [4.69, 9.17) is 5.73 Å². The van der Waals surface area contributed by atoms with Gasteiger partial charge in [0.15, 0.2) is 0 Å². The second-order valence-electron chi connectivity index (χ2n) is 5.27. The van der Waals surface area contributed by atoms with E-state index in [9.17, 15) is 8.42 Å². The molecule has 2 fully saturated rings. The quantitative estimate of drug-likeness (QED) is 0.825. The van der Waals surface area contributed by atoms with Gasteiger partial charge in [-0.1, -0.05) is 12.1 Å². The highest BCUT2D eigenvalue weighted by atomic mass is 32.2. The van der Waals surface area contributed by atoms with Crippen molar-refractivity contribution in [1.29, 1.82) is 0 Å². The van der Waals surface area contributed by atoms with E-state index in [2.05, 4.69) is 0 Å². The Morgan fingerprint density at radius 2 is 1.94 bits per heavy atom. The summed E-state index contributed by atoms with van der Waals surface area (Å²) in [5.74, 6) is 0. The van der Waals surface area contributed by atoms with Crippen LogP contribution in [0.25, 0.3) is 0 Å². The van der Waals surface area contributed by atoms with E-state index < -0.39 is 10.0 Å². The Kier molecular flexibility index (Phi) is 2.83. The first kappa shape index (κ1) is 12.0. The van der Waals surface area contributed by atoms with E-state index in [0.29, 0.717) is 12.2 Å². The number of nitrogens with zero attached hydrogens (tertiary/aromatic N) is 1. The maximum atomic E-state index is 12.4. The third kappa shape index (κ3) is 2.37. The smallest absolute Gasteiger partial charge is 0.217 e. The highest BCUT2D eigenvalue weighted by Crippen LogP contribution is 2.38. The number of hydrogen-bond acceptors (Lipinski definition) is 3. The molecule has 18 heavy (non-hydrogen) atoms. The lowest BCUT2D eigenvalue weighted by Gasteiger charge is -2.22. The SMILES string of the molecule is Nc1cccc(CN(C2CC2)S(=O)(=O)C2CC2)c1. The zero-order valence-electron chi connectivity index (χ0n) is 10.2. The molecule has 1 aromatic rings. The molecule has 3 rings (SSSR count). The molecule has 0 aromatic heterocycles. The maximum Gasteiger partial charge on any atom is 0.217 e. The van der Waals surface area contributed by atoms with Crippen LogP contribution in [0.4, 0.5) is 5.69 Å². The molecule has 0 aliphatic heterocycles. The van der Waals surface area contributed by atoms with Gasteiger partial charge in [0.05, 0.1) is 5.25 Å². The number of nitrogen functional groups attached to an aromatic ring is 1. The maximum absolute atomic E-state index is 12.4. The molecule has 0 atom stereocenters. The van der Waals surface area contributed by atoms with Crippen molar-refractivity contribution in [1.82, 2.24) is 4.31 Å². The summed E-state index contributed by atoms with van der Waals surface area (Å²) in [6.45, 7) is 0.467. The van der Waals surface area contributed by atoms with Crippen molar-refractivity contribution in [2.45, 2.75) is 43.5 Å². The normalized spacial score (nSPS) is 20.3. The first-order valence-electron chi connectivity index (χ1n) is 6.42. The third-order valence-electron chi connectivity index (χ3n) is 3.52. The lowest BCUT2D eigenvalue weighted by atomic mass is 10.2. The van der Waals surface area contributed by atoms with Crippen molar-refractivity contribution in [2.75, 3.05) is 5.73 Å². The van der Waals surface area contributed by atoms with E-state index in [1.54, 1.807) is 4.31 Å². The third-order valence-corrected chi connectivity index (χ3v) is 5.91. The number of hydrogen-bond donors (Lipinski definition) is 1. The molecule has 1 aromatic carbocycles. The van der Waals surface area contributed by atoms with Crippen LogP contribution in [0.1, 0.15) is 31.2 Å². The van der Waals surface area contributed by atoms with Crippen molar-refractivity contribution < 1.29 is 8.42 Å². The lowest BCUT2D eigenvalue weighted by molar-refractivity contribution is 0.398. The van der Waals surface area contributed by atoms with E-state index >= 15 is 0 Å². The fraction of sp³-hybridized carbons (Fsp3) is 0.538. The van der Waals surface area contributed by atoms with E-state index in [1.807, 2.05) is 24.3 Å². The zero-order chi connectivity index (χ0) is 12.8. The summed E-state index contributed by atoms with van der Waals surface area (Å²) in [4.78, 5) is 0. The Balaban J connectivity index is 1.82. The molecule has 0 bridgehead atoms. The van der Waals surface area contributed by atoms with Gasteiger partial charge in [-0.25, -0.2) is 8.42 Å². The minimum atomic E-state index is -3.08. The van der Waals surface area contributed by atoms with Gasteiger partial charge in [0.2, 0.25) is 10.0 Å². The predicted molar refractivity (Wildman–Crippen MR) is 71.4 cm³/mol. The van der Waals surface area contributed by atoms with Crippen molar-refractivity contribution in [3.63, 3.8) is 0 Å². The molecule has 2 N–H and O–H groups in total. The van der Waals surface area contributed by atoms with Gasteiger partial charge in [0.1, 0.15) is 0 Å². The average Bonchev–Trinajstić information content (AvgIpc) is 3.17. The molecule has 0 heterocycles. The van der Waals surface area contributed by atoms with Crippen molar-refractivity contribution in [2.24, 2.45) is 0 Å². The van der Waals surface area contributed by atoms with Gasteiger partial charge < -0.3 is 5.73 Å². The fourth-order valence-electron chi connectivity index (χ4n) is 2.22. The van der Waals surface area contributed by atoms with Crippen LogP contribution in [0.15, 0.2) is 24.3 Å². The summed E-state index contributed by atoms with van der Waals surface area (Å²) in [7, 11) is -3.08. The lowest BCUT2D eigenvalue weighted by Crippen LogP contribution is -2.35. The summed E-state index contributed by atoms with van der Waals surface area (Å²) in [5, 5.41) is -0.126. The second kappa shape index (κ2) is 4.24. The monoisotopic (exact) mass is 266 g/mol. The molecule has 0 saturated heterocycles. The number of benzene rings is 1. The topological polar surface area (TPSA) is 63.4 Å².